The number of rotatable bonds is 3. The minimum absolute atomic E-state index is 0.0122. The summed E-state index contributed by atoms with van der Waals surface area (Å²) in [5.74, 6) is 0.218. The van der Waals surface area contributed by atoms with E-state index in [0.29, 0.717) is 0 Å². The zero-order valence-electron chi connectivity index (χ0n) is 11.3. The lowest BCUT2D eigenvalue weighted by Crippen LogP contribution is -2.47. The lowest BCUT2D eigenvalue weighted by atomic mass is 10.1. The molecular weight excluding hydrogens is 264 g/mol. The molecule has 2 N–H and O–H groups in total. The van der Waals surface area contributed by atoms with Gasteiger partial charge in [-0.2, -0.15) is 4.31 Å². The third-order valence-corrected chi connectivity index (χ3v) is 5.45. The molecule has 0 saturated carbocycles. The summed E-state index contributed by atoms with van der Waals surface area (Å²) >= 11 is 0. The van der Waals surface area contributed by atoms with Crippen molar-refractivity contribution in [3.05, 3.63) is 18.3 Å². The Morgan fingerprint density at radius 2 is 2.26 bits per heavy atom. The van der Waals surface area contributed by atoms with Gasteiger partial charge in [-0.15, -0.1) is 0 Å². The molecule has 1 aliphatic heterocycles. The van der Waals surface area contributed by atoms with Crippen LogP contribution in [0, 0.1) is 0 Å². The van der Waals surface area contributed by atoms with Gasteiger partial charge in [-0.1, -0.05) is 0 Å². The maximum atomic E-state index is 12.5. The van der Waals surface area contributed by atoms with E-state index in [1.54, 1.807) is 7.05 Å². The van der Waals surface area contributed by atoms with Crippen molar-refractivity contribution in [3.63, 3.8) is 0 Å². The van der Waals surface area contributed by atoms with Crippen LogP contribution >= 0.6 is 0 Å². The molecule has 6 nitrogen and oxygen atoms in total. The molecule has 0 amide bonds. The summed E-state index contributed by atoms with van der Waals surface area (Å²) in [4.78, 5) is 6.18. The van der Waals surface area contributed by atoms with Crippen molar-refractivity contribution in [1.29, 1.82) is 0 Å². The quantitative estimate of drug-likeness (QED) is 0.868. The van der Waals surface area contributed by atoms with Crippen molar-refractivity contribution in [3.8, 4) is 0 Å². The average molecular weight is 284 g/mol. The van der Waals surface area contributed by atoms with Crippen molar-refractivity contribution < 1.29 is 8.42 Å². The highest BCUT2D eigenvalue weighted by atomic mass is 32.2. The van der Waals surface area contributed by atoms with Gasteiger partial charge in [0.05, 0.1) is 4.90 Å². The predicted molar refractivity (Wildman–Crippen MR) is 74.1 cm³/mol. The molecule has 2 rings (SSSR count). The second-order valence-corrected chi connectivity index (χ2v) is 6.99. The molecule has 0 spiro atoms. The standard InChI is InChI=1S/C12H20N4O2S/c1-15-7-3-4-10(9-15)16(2)19(17,18)11-5-6-14-12(13)8-11/h5-6,8,10H,3-4,7,9H2,1-2H3,(H2,13,14). The average Bonchev–Trinajstić information content (AvgIpc) is 2.38. The first-order valence-corrected chi connectivity index (χ1v) is 7.73. The van der Waals surface area contributed by atoms with E-state index in [9.17, 15) is 8.42 Å². The topological polar surface area (TPSA) is 79.5 Å². The van der Waals surface area contributed by atoms with Crippen LogP contribution in [0.3, 0.4) is 0 Å². The van der Waals surface area contributed by atoms with Gasteiger partial charge >= 0.3 is 0 Å². The first-order valence-electron chi connectivity index (χ1n) is 6.29. The molecule has 0 bridgehead atoms. The Hall–Kier alpha value is -1.18. The first-order chi connectivity index (χ1) is 8.91. The van der Waals surface area contributed by atoms with Crippen molar-refractivity contribution in [1.82, 2.24) is 14.2 Å². The van der Waals surface area contributed by atoms with Gasteiger partial charge in [-0.25, -0.2) is 13.4 Å². The van der Waals surface area contributed by atoms with Gasteiger partial charge < -0.3 is 10.6 Å². The van der Waals surface area contributed by atoms with Gasteiger partial charge in [0.25, 0.3) is 0 Å². The Morgan fingerprint density at radius 1 is 1.53 bits per heavy atom. The summed E-state index contributed by atoms with van der Waals surface area (Å²) in [6.45, 7) is 1.78. The maximum Gasteiger partial charge on any atom is 0.243 e. The van der Waals surface area contributed by atoms with E-state index in [2.05, 4.69) is 9.88 Å². The third kappa shape index (κ3) is 3.05. The zero-order chi connectivity index (χ0) is 14.0. The normalized spacial score (nSPS) is 21.7. The third-order valence-electron chi connectivity index (χ3n) is 3.54. The second-order valence-electron chi connectivity index (χ2n) is 5.00. The van der Waals surface area contributed by atoms with Gasteiger partial charge in [-0.3, -0.25) is 0 Å². The Balaban J connectivity index is 2.24. The fraction of sp³-hybridized carbons (Fsp3) is 0.583. The summed E-state index contributed by atoms with van der Waals surface area (Å²) < 4.78 is 26.5. The second kappa shape index (κ2) is 5.44. The fourth-order valence-corrected chi connectivity index (χ4v) is 3.79. The molecule has 2 heterocycles. The SMILES string of the molecule is CN1CCCC(N(C)S(=O)(=O)c2ccnc(N)c2)C1. The van der Waals surface area contributed by atoms with Gasteiger partial charge in [0.2, 0.25) is 10.0 Å². The molecule has 1 fully saturated rings. The Morgan fingerprint density at radius 3 is 2.89 bits per heavy atom. The van der Waals surface area contributed by atoms with Crippen LogP contribution in [0.2, 0.25) is 0 Å². The van der Waals surface area contributed by atoms with E-state index in [0.717, 1.165) is 25.9 Å². The largest absolute Gasteiger partial charge is 0.384 e. The molecule has 0 aromatic carbocycles. The summed E-state index contributed by atoms with van der Waals surface area (Å²) in [5, 5.41) is 0. The van der Waals surface area contributed by atoms with Gasteiger partial charge in [-0.05, 0) is 32.5 Å². The molecule has 7 heteroatoms. The van der Waals surface area contributed by atoms with Crippen LogP contribution in [0.5, 0.6) is 0 Å². The highest BCUT2D eigenvalue weighted by molar-refractivity contribution is 7.89. The van der Waals surface area contributed by atoms with E-state index in [1.807, 2.05) is 7.05 Å². The number of hydrogen-bond acceptors (Lipinski definition) is 5. The number of anilines is 1. The number of likely N-dealkylation sites (N-methyl/N-ethyl adjacent to an activating group) is 2. The molecule has 1 unspecified atom stereocenters. The zero-order valence-corrected chi connectivity index (χ0v) is 12.1. The van der Waals surface area contributed by atoms with Crippen LogP contribution in [0.25, 0.3) is 0 Å². The Kier molecular flexibility index (Phi) is 4.07. The molecule has 1 aromatic heterocycles. The number of nitrogen functional groups attached to an aromatic ring is 1. The van der Waals surface area contributed by atoms with Crippen LogP contribution < -0.4 is 5.73 Å². The number of piperidine rings is 1. The fourth-order valence-electron chi connectivity index (χ4n) is 2.39. The number of nitrogens with two attached hydrogens (primary N) is 1. The molecule has 19 heavy (non-hydrogen) atoms. The molecule has 0 radical (unpaired) electrons. The minimum atomic E-state index is -3.50. The van der Waals surface area contributed by atoms with Crippen LogP contribution in [0.4, 0.5) is 5.82 Å². The van der Waals surface area contributed by atoms with E-state index in [4.69, 9.17) is 5.73 Å². The predicted octanol–water partition coefficient (Wildman–Crippen LogP) is 0.378. The van der Waals surface area contributed by atoms with Crippen molar-refractivity contribution in [2.75, 3.05) is 32.9 Å². The van der Waals surface area contributed by atoms with Gasteiger partial charge in [0, 0.05) is 31.9 Å². The van der Waals surface area contributed by atoms with Crippen LogP contribution in [-0.4, -0.2) is 55.8 Å². The van der Waals surface area contributed by atoms with Crippen molar-refractivity contribution in [2.24, 2.45) is 0 Å². The van der Waals surface area contributed by atoms with Crippen LogP contribution in [-0.2, 0) is 10.0 Å². The number of hydrogen-bond donors (Lipinski definition) is 1. The van der Waals surface area contributed by atoms with Gasteiger partial charge in [0.15, 0.2) is 0 Å². The highest BCUT2D eigenvalue weighted by Gasteiger charge is 2.30. The number of pyridine rings is 1. The number of likely N-dealkylation sites (tertiary alicyclic amines) is 1. The molecule has 1 aliphatic rings. The van der Waals surface area contributed by atoms with E-state index in [1.165, 1.54) is 22.6 Å². The molecule has 1 saturated heterocycles. The monoisotopic (exact) mass is 284 g/mol. The molecule has 106 valence electrons. The van der Waals surface area contributed by atoms with E-state index >= 15 is 0 Å². The summed E-state index contributed by atoms with van der Waals surface area (Å²) in [7, 11) is 0.148. The minimum Gasteiger partial charge on any atom is -0.384 e. The van der Waals surface area contributed by atoms with E-state index < -0.39 is 10.0 Å². The molecule has 1 aromatic rings. The smallest absolute Gasteiger partial charge is 0.243 e. The van der Waals surface area contributed by atoms with Crippen LogP contribution in [0.1, 0.15) is 12.8 Å². The molecule has 0 aliphatic carbocycles. The lowest BCUT2D eigenvalue weighted by Gasteiger charge is -2.35. The molecular formula is C12H20N4O2S. The van der Waals surface area contributed by atoms with Gasteiger partial charge in [0.1, 0.15) is 5.82 Å². The number of aromatic nitrogens is 1. The maximum absolute atomic E-state index is 12.5. The summed E-state index contributed by atoms with van der Waals surface area (Å²) in [6, 6.07) is 2.89. The molecule has 1 atom stereocenters. The van der Waals surface area contributed by atoms with Crippen LogP contribution in [0.15, 0.2) is 23.2 Å². The van der Waals surface area contributed by atoms with Crippen molar-refractivity contribution in [2.45, 2.75) is 23.8 Å². The Bertz CT molecular complexity index is 546. The van der Waals surface area contributed by atoms with Crippen molar-refractivity contribution >= 4 is 15.8 Å². The highest BCUT2D eigenvalue weighted by Crippen LogP contribution is 2.22. The number of sulfonamides is 1. The number of nitrogens with zero attached hydrogens (tertiary/aromatic N) is 3. The van der Waals surface area contributed by atoms with E-state index in [-0.39, 0.29) is 16.8 Å². The Labute approximate surface area is 114 Å². The first kappa shape index (κ1) is 14.2. The summed E-state index contributed by atoms with van der Waals surface area (Å²) in [5.41, 5.74) is 5.55. The lowest BCUT2D eigenvalue weighted by molar-refractivity contribution is 0.187. The summed E-state index contributed by atoms with van der Waals surface area (Å²) in [6.07, 6.45) is 3.32.